The molecule has 1 aromatic rings. The van der Waals surface area contributed by atoms with Gasteiger partial charge in [0.25, 0.3) is 5.91 Å². The maximum Gasteiger partial charge on any atom is 0.251 e. The number of guanidine groups is 1. The molecule has 1 saturated carbocycles. The number of amides is 1. The van der Waals surface area contributed by atoms with Crippen LogP contribution < -0.4 is 20.7 Å². The predicted octanol–water partition coefficient (Wildman–Crippen LogP) is 2.93. The van der Waals surface area contributed by atoms with E-state index in [1.54, 1.807) is 25.3 Å². The highest BCUT2D eigenvalue weighted by atomic mass is 127. The van der Waals surface area contributed by atoms with Crippen molar-refractivity contribution in [2.24, 2.45) is 10.4 Å². The lowest BCUT2D eigenvalue weighted by Crippen LogP contribution is -2.42. The topological polar surface area (TPSA) is 95.0 Å². The summed E-state index contributed by atoms with van der Waals surface area (Å²) >= 11 is 0. The Morgan fingerprint density at radius 2 is 1.90 bits per heavy atom. The number of rotatable bonds is 10. The molecule has 30 heavy (non-hydrogen) atoms. The number of halogens is 1. The monoisotopic (exact) mass is 532 g/mol. The van der Waals surface area contributed by atoms with Crippen LogP contribution in [0.3, 0.4) is 0 Å². The van der Waals surface area contributed by atoms with Crippen molar-refractivity contribution in [3.05, 3.63) is 29.8 Å². The molecule has 1 aliphatic rings. The number of nitrogens with one attached hydrogen (secondary N) is 3. The Kier molecular flexibility index (Phi) is 12.8. The van der Waals surface area contributed by atoms with Crippen molar-refractivity contribution >= 4 is 35.8 Å². The van der Waals surface area contributed by atoms with Gasteiger partial charge in [-0.1, -0.05) is 25.3 Å². The minimum Gasteiger partial charge on any atom is -0.497 e. The lowest BCUT2D eigenvalue weighted by atomic mass is 9.72. The van der Waals surface area contributed by atoms with Gasteiger partial charge in [-0.15, -0.1) is 24.0 Å². The van der Waals surface area contributed by atoms with Crippen molar-refractivity contribution in [3.8, 4) is 5.75 Å². The summed E-state index contributed by atoms with van der Waals surface area (Å²) in [7, 11) is 1.58. The molecule has 7 nitrogen and oxygen atoms in total. The number of nitrogens with zero attached hydrogens (tertiary/aromatic N) is 1. The first-order valence-electron chi connectivity index (χ1n) is 10.7. The van der Waals surface area contributed by atoms with Gasteiger partial charge in [-0.05, 0) is 49.8 Å². The zero-order chi connectivity index (χ0) is 21.0. The van der Waals surface area contributed by atoms with Crippen LogP contribution in [0, 0.1) is 5.41 Å². The summed E-state index contributed by atoms with van der Waals surface area (Å²) in [6.45, 7) is 4.81. The smallest absolute Gasteiger partial charge is 0.251 e. The molecule has 0 spiro atoms. The predicted molar refractivity (Wildman–Crippen MR) is 132 cm³/mol. The molecule has 8 heteroatoms. The Balaban J connectivity index is 0.00000450. The number of aliphatic imine (C=N–C) groups is 1. The van der Waals surface area contributed by atoms with Crippen LogP contribution in [0.15, 0.2) is 29.3 Å². The molecule has 0 radical (unpaired) electrons. The number of aliphatic hydroxyl groups excluding tert-OH is 1. The van der Waals surface area contributed by atoms with Gasteiger partial charge in [-0.2, -0.15) is 0 Å². The zero-order valence-corrected chi connectivity index (χ0v) is 20.5. The van der Waals surface area contributed by atoms with Crippen LogP contribution in [-0.4, -0.2) is 56.9 Å². The molecule has 0 saturated heterocycles. The summed E-state index contributed by atoms with van der Waals surface area (Å²) in [6.07, 6.45) is 6.79. The van der Waals surface area contributed by atoms with E-state index in [1.165, 1.54) is 19.3 Å². The van der Waals surface area contributed by atoms with E-state index < -0.39 is 0 Å². The van der Waals surface area contributed by atoms with Crippen molar-refractivity contribution in [1.29, 1.82) is 0 Å². The quantitative estimate of drug-likeness (QED) is 0.161. The Bertz CT molecular complexity index is 658. The number of aliphatic hydroxyl groups is 1. The summed E-state index contributed by atoms with van der Waals surface area (Å²) in [6, 6.07) is 7.10. The Morgan fingerprint density at radius 1 is 1.17 bits per heavy atom. The first-order valence-corrected chi connectivity index (χ1v) is 10.7. The highest BCUT2D eigenvalue weighted by molar-refractivity contribution is 14.0. The van der Waals surface area contributed by atoms with Crippen LogP contribution in [0.2, 0.25) is 0 Å². The number of hydrogen-bond donors (Lipinski definition) is 4. The summed E-state index contributed by atoms with van der Waals surface area (Å²) in [5.74, 6) is 1.29. The largest absolute Gasteiger partial charge is 0.497 e. The van der Waals surface area contributed by atoms with E-state index in [0.717, 1.165) is 38.3 Å². The van der Waals surface area contributed by atoms with E-state index in [4.69, 9.17) is 9.73 Å². The van der Waals surface area contributed by atoms with Crippen molar-refractivity contribution in [2.45, 2.75) is 45.4 Å². The maximum absolute atomic E-state index is 12.3. The van der Waals surface area contributed by atoms with Gasteiger partial charge in [0.05, 0.1) is 7.11 Å². The molecule has 0 aliphatic heterocycles. The summed E-state index contributed by atoms with van der Waals surface area (Å²) in [5.41, 5.74) is 0.698. The fraction of sp³-hybridized carbons (Fsp3) is 0.636. The van der Waals surface area contributed by atoms with Crippen LogP contribution in [0.1, 0.15) is 55.8 Å². The fourth-order valence-corrected chi connectivity index (χ4v) is 3.84. The van der Waals surface area contributed by atoms with E-state index in [2.05, 4.69) is 16.0 Å². The van der Waals surface area contributed by atoms with Crippen LogP contribution >= 0.6 is 24.0 Å². The summed E-state index contributed by atoms with van der Waals surface area (Å²) in [5, 5.41) is 18.9. The van der Waals surface area contributed by atoms with Gasteiger partial charge in [-0.3, -0.25) is 9.79 Å². The molecular formula is C22H37IN4O3. The van der Waals surface area contributed by atoms with E-state index in [9.17, 15) is 9.90 Å². The van der Waals surface area contributed by atoms with Crippen LogP contribution in [0.4, 0.5) is 0 Å². The summed E-state index contributed by atoms with van der Waals surface area (Å²) in [4.78, 5) is 17.0. The third kappa shape index (κ3) is 8.67. The molecular weight excluding hydrogens is 495 g/mol. The molecule has 0 atom stereocenters. The molecule has 1 aliphatic carbocycles. The lowest BCUT2D eigenvalue weighted by Gasteiger charge is -2.35. The van der Waals surface area contributed by atoms with Crippen LogP contribution in [-0.2, 0) is 0 Å². The van der Waals surface area contributed by atoms with Gasteiger partial charge in [0.15, 0.2) is 5.96 Å². The Hall–Kier alpha value is -1.55. The molecule has 1 amide bonds. The van der Waals surface area contributed by atoms with Crippen LogP contribution in [0.5, 0.6) is 5.75 Å². The third-order valence-electron chi connectivity index (χ3n) is 5.51. The average Bonchev–Trinajstić information content (AvgIpc) is 2.75. The van der Waals surface area contributed by atoms with Crippen molar-refractivity contribution in [1.82, 2.24) is 16.0 Å². The number of carbonyl (C=O) groups excluding carboxylic acids is 1. The number of ether oxygens (including phenoxy) is 1. The molecule has 0 bridgehead atoms. The van der Waals surface area contributed by atoms with Gasteiger partial charge >= 0.3 is 0 Å². The van der Waals surface area contributed by atoms with E-state index in [0.29, 0.717) is 24.4 Å². The number of hydrogen-bond acceptors (Lipinski definition) is 4. The average molecular weight is 532 g/mol. The van der Waals surface area contributed by atoms with Crippen molar-refractivity contribution in [2.75, 3.05) is 39.9 Å². The Morgan fingerprint density at radius 3 is 2.57 bits per heavy atom. The lowest BCUT2D eigenvalue weighted by molar-refractivity contribution is 0.0954. The molecule has 4 N–H and O–H groups in total. The van der Waals surface area contributed by atoms with Gasteiger partial charge in [0.2, 0.25) is 0 Å². The number of benzene rings is 1. The minimum atomic E-state index is -0.128. The van der Waals surface area contributed by atoms with Gasteiger partial charge in [0.1, 0.15) is 5.75 Å². The first-order chi connectivity index (χ1) is 14.1. The minimum absolute atomic E-state index is 0. The Labute approximate surface area is 197 Å². The maximum atomic E-state index is 12.3. The molecule has 170 valence electrons. The third-order valence-corrected chi connectivity index (χ3v) is 5.51. The van der Waals surface area contributed by atoms with Gasteiger partial charge in [0, 0.05) is 38.3 Å². The van der Waals surface area contributed by atoms with Crippen molar-refractivity contribution in [3.63, 3.8) is 0 Å². The molecule has 0 unspecified atom stereocenters. The first kappa shape index (κ1) is 26.5. The second kappa shape index (κ2) is 14.5. The second-order valence-electron chi connectivity index (χ2n) is 7.64. The van der Waals surface area contributed by atoms with Crippen LogP contribution in [0.25, 0.3) is 0 Å². The molecule has 1 fully saturated rings. The van der Waals surface area contributed by atoms with E-state index >= 15 is 0 Å². The molecule has 0 heterocycles. The van der Waals surface area contributed by atoms with E-state index in [-0.39, 0.29) is 41.9 Å². The van der Waals surface area contributed by atoms with Gasteiger partial charge in [-0.25, -0.2) is 0 Å². The molecule has 0 aromatic heterocycles. The van der Waals surface area contributed by atoms with Crippen molar-refractivity contribution < 1.29 is 14.6 Å². The summed E-state index contributed by atoms with van der Waals surface area (Å²) < 4.78 is 5.16. The normalized spacial score (nSPS) is 15.6. The van der Waals surface area contributed by atoms with E-state index in [1.807, 2.05) is 13.0 Å². The zero-order valence-electron chi connectivity index (χ0n) is 18.2. The second-order valence-corrected chi connectivity index (χ2v) is 7.64. The number of carbonyl (C=O) groups is 1. The highest BCUT2D eigenvalue weighted by Gasteiger charge is 2.31. The highest BCUT2D eigenvalue weighted by Crippen LogP contribution is 2.39. The molecule has 1 aromatic carbocycles. The molecule has 2 rings (SSSR count). The number of methoxy groups -OCH3 is 1. The standard InChI is InChI=1S/C22H36N4O3.HI/c1-3-23-21(26-17-22(12-15-27)10-5-4-6-11-22)25-14-13-24-20(28)18-8-7-9-19(16-18)29-2;/h7-9,16,27H,3-6,10-15,17H2,1-2H3,(H,24,28)(H2,23,25,26);1H. The SMILES string of the molecule is CCNC(=NCC1(CCO)CCCCC1)NCCNC(=O)c1cccc(OC)c1.I. The fourth-order valence-electron chi connectivity index (χ4n) is 3.84. The van der Waals surface area contributed by atoms with Gasteiger partial charge < -0.3 is 25.8 Å².